The van der Waals surface area contributed by atoms with Gasteiger partial charge in [0.1, 0.15) is 0 Å². The molecule has 0 fully saturated rings. The molecule has 4 heteroatoms. The van der Waals surface area contributed by atoms with Gasteiger partial charge in [-0.2, -0.15) is 0 Å². The lowest BCUT2D eigenvalue weighted by molar-refractivity contribution is 0.0940. The maximum Gasteiger partial charge on any atom is 0.221 e. The lowest BCUT2D eigenvalue weighted by Crippen LogP contribution is -2.16. The molecule has 0 aliphatic rings. The van der Waals surface area contributed by atoms with Crippen LogP contribution in [-0.4, -0.2) is 12.9 Å². The summed E-state index contributed by atoms with van der Waals surface area (Å²) in [5, 5.41) is 0.517. The van der Waals surface area contributed by atoms with E-state index in [1.54, 1.807) is 24.3 Å². The van der Waals surface area contributed by atoms with Crippen LogP contribution in [0.3, 0.4) is 0 Å². The zero-order valence-corrected chi connectivity index (χ0v) is 10.1. The van der Waals surface area contributed by atoms with Gasteiger partial charge in [0.05, 0.1) is 0 Å². The summed E-state index contributed by atoms with van der Waals surface area (Å²) in [6.07, 6.45) is 0. The Bertz CT molecular complexity index is 385. The Labute approximate surface area is 90.3 Å². The van der Waals surface area contributed by atoms with E-state index in [2.05, 4.69) is 0 Å². The van der Waals surface area contributed by atoms with Gasteiger partial charge < -0.3 is 4.52 Å². The Morgan fingerprint density at radius 3 is 2.47 bits per heavy atom. The normalized spacial score (nSPS) is 12.8. The largest absolute Gasteiger partial charge is 0.331 e. The minimum absolute atomic E-state index is 0.000926. The van der Waals surface area contributed by atoms with Crippen molar-refractivity contribution in [3.63, 3.8) is 0 Å². The van der Waals surface area contributed by atoms with Crippen molar-refractivity contribution in [2.75, 3.05) is 7.11 Å². The summed E-state index contributed by atoms with van der Waals surface area (Å²) >= 11 is 0. The van der Waals surface area contributed by atoms with Crippen LogP contribution < -0.4 is 5.30 Å². The van der Waals surface area contributed by atoms with Crippen molar-refractivity contribution in [2.45, 2.75) is 13.8 Å². The van der Waals surface area contributed by atoms with Gasteiger partial charge in [-0.15, -0.1) is 0 Å². The van der Waals surface area contributed by atoms with Gasteiger partial charge >= 0.3 is 0 Å². The first kappa shape index (κ1) is 12.2. The fraction of sp³-hybridized carbons (Fsp3) is 0.364. The number of carbonyl (C=O) groups is 1. The smallest absolute Gasteiger partial charge is 0.221 e. The molecule has 0 saturated heterocycles. The molecule has 1 unspecified atom stereocenters. The van der Waals surface area contributed by atoms with Crippen LogP contribution in [0.2, 0.25) is 0 Å². The number of ketones is 1. The number of hydrogen-bond acceptors (Lipinski definition) is 3. The van der Waals surface area contributed by atoms with Crippen molar-refractivity contribution in [3.8, 4) is 0 Å². The summed E-state index contributed by atoms with van der Waals surface area (Å²) in [5.41, 5.74) is 0.512. The van der Waals surface area contributed by atoms with E-state index < -0.39 is 8.03 Å². The molecule has 0 amide bonds. The van der Waals surface area contributed by atoms with Crippen LogP contribution in [0.25, 0.3) is 0 Å². The van der Waals surface area contributed by atoms with E-state index in [0.717, 1.165) is 0 Å². The van der Waals surface area contributed by atoms with Gasteiger partial charge in [-0.1, -0.05) is 32.0 Å². The molecule has 82 valence electrons. The molecule has 0 aromatic heterocycles. The Morgan fingerprint density at radius 1 is 1.33 bits per heavy atom. The van der Waals surface area contributed by atoms with Crippen molar-refractivity contribution < 1.29 is 13.9 Å². The van der Waals surface area contributed by atoms with E-state index in [9.17, 15) is 9.36 Å². The topological polar surface area (TPSA) is 43.4 Å². The molecule has 0 bridgehead atoms. The average molecular weight is 226 g/mol. The van der Waals surface area contributed by atoms with Crippen LogP contribution in [0.4, 0.5) is 0 Å². The Kier molecular flexibility index (Phi) is 4.25. The molecular formula is C11H15O3P. The van der Waals surface area contributed by atoms with Crippen molar-refractivity contribution in [1.29, 1.82) is 0 Å². The number of rotatable bonds is 4. The molecule has 0 aliphatic carbocycles. The highest BCUT2D eigenvalue weighted by Crippen LogP contribution is 2.23. The second-order valence-corrected chi connectivity index (χ2v) is 5.08. The molecular weight excluding hydrogens is 211 g/mol. The maximum absolute atomic E-state index is 11.8. The highest BCUT2D eigenvalue weighted by Gasteiger charge is 2.17. The standard InChI is InChI=1S/C11H15O3P/c1-8(2)11(12)9-6-4-5-7-10(9)15(13)14-3/h4-8,15H,1-3H3. The van der Waals surface area contributed by atoms with Crippen LogP contribution in [0.1, 0.15) is 24.2 Å². The van der Waals surface area contributed by atoms with Gasteiger partial charge in [0.15, 0.2) is 5.78 Å². The fourth-order valence-electron chi connectivity index (χ4n) is 1.30. The fourth-order valence-corrected chi connectivity index (χ4v) is 2.18. The van der Waals surface area contributed by atoms with Crippen LogP contribution in [0.5, 0.6) is 0 Å². The molecule has 0 aliphatic heterocycles. The predicted octanol–water partition coefficient (Wildman–Crippen LogP) is 2.27. The first-order valence-corrected chi connectivity index (χ1v) is 6.11. The summed E-state index contributed by atoms with van der Waals surface area (Å²) in [4.78, 5) is 11.8. The van der Waals surface area contributed by atoms with Crippen LogP contribution in [0, 0.1) is 5.92 Å². The van der Waals surface area contributed by atoms with Gasteiger partial charge in [-0.05, 0) is 6.07 Å². The summed E-state index contributed by atoms with van der Waals surface area (Å²) in [6.45, 7) is 3.65. The van der Waals surface area contributed by atoms with Gasteiger partial charge in [0.2, 0.25) is 8.03 Å². The van der Waals surface area contributed by atoms with Gasteiger partial charge in [0.25, 0.3) is 0 Å². The number of Topliss-reactive ketones (excluding diaryl/α,β-unsaturated/α-hetero) is 1. The monoisotopic (exact) mass is 226 g/mol. The van der Waals surface area contributed by atoms with Crippen molar-refractivity contribution >= 4 is 19.1 Å². The minimum Gasteiger partial charge on any atom is -0.331 e. The van der Waals surface area contributed by atoms with E-state index in [1.165, 1.54) is 7.11 Å². The first-order chi connectivity index (χ1) is 7.07. The summed E-state index contributed by atoms with van der Waals surface area (Å²) in [5.74, 6) is -0.0983. The summed E-state index contributed by atoms with van der Waals surface area (Å²) in [6, 6.07) is 6.90. The van der Waals surface area contributed by atoms with Crippen LogP contribution in [0.15, 0.2) is 24.3 Å². The zero-order valence-electron chi connectivity index (χ0n) is 9.11. The van der Waals surface area contributed by atoms with E-state index in [0.29, 0.717) is 10.9 Å². The lowest BCUT2D eigenvalue weighted by Gasteiger charge is -2.09. The molecule has 1 atom stereocenters. The van der Waals surface area contributed by atoms with E-state index in [1.807, 2.05) is 13.8 Å². The van der Waals surface area contributed by atoms with E-state index >= 15 is 0 Å². The quantitative estimate of drug-likeness (QED) is 0.584. The van der Waals surface area contributed by atoms with E-state index in [4.69, 9.17) is 4.52 Å². The second-order valence-electron chi connectivity index (χ2n) is 3.56. The molecule has 1 aromatic carbocycles. The third kappa shape index (κ3) is 2.77. The van der Waals surface area contributed by atoms with Gasteiger partial charge in [-0.3, -0.25) is 9.36 Å². The van der Waals surface area contributed by atoms with Crippen molar-refractivity contribution in [2.24, 2.45) is 5.92 Å². The molecule has 0 heterocycles. The number of benzene rings is 1. The lowest BCUT2D eigenvalue weighted by atomic mass is 10.0. The third-order valence-electron chi connectivity index (χ3n) is 2.12. The van der Waals surface area contributed by atoms with Gasteiger partial charge in [-0.25, -0.2) is 0 Å². The predicted molar refractivity (Wildman–Crippen MR) is 61.3 cm³/mol. The molecule has 0 spiro atoms. The van der Waals surface area contributed by atoms with Crippen LogP contribution >= 0.6 is 8.03 Å². The molecule has 3 nitrogen and oxygen atoms in total. The molecule has 0 N–H and O–H groups in total. The highest BCUT2D eigenvalue weighted by molar-refractivity contribution is 7.48. The molecule has 15 heavy (non-hydrogen) atoms. The number of hydrogen-bond donors (Lipinski definition) is 0. The maximum atomic E-state index is 11.8. The third-order valence-corrected chi connectivity index (χ3v) is 3.37. The average Bonchev–Trinajstić information content (AvgIpc) is 2.27. The first-order valence-electron chi connectivity index (χ1n) is 4.79. The Morgan fingerprint density at radius 2 is 1.93 bits per heavy atom. The minimum atomic E-state index is -2.28. The van der Waals surface area contributed by atoms with Crippen molar-refractivity contribution in [3.05, 3.63) is 29.8 Å². The second kappa shape index (κ2) is 5.24. The Balaban J connectivity index is 3.18. The SMILES string of the molecule is CO[PH](=O)c1ccccc1C(=O)C(C)C. The number of carbonyl (C=O) groups excluding carboxylic acids is 1. The molecule has 1 aromatic rings. The van der Waals surface area contributed by atoms with Crippen molar-refractivity contribution in [1.82, 2.24) is 0 Å². The highest BCUT2D eigenvalue weighted by atomic mass is 31.1. The van der Waals surface area contributed by atoms with Gasteiger partial charge in [0, 0.05) is 23.9 Å². The molecule has 1 rings (SSSR count). The molecule has 0 radical (unpaired) electrons. The molecule has 0 saturated carbocycles. The van der Waals surface area contributed by atoms with Crippen LogP contribution in [-0.2, 0) is 9.09 Å². The zero-order chi connectivity index (χ0) is 11.4. The Hall–Kier alpha value is -0.920. The summed E-state index contributed by atoms with van der Waals surface area (Å²) in [7, 11) is -0.898. The summed E-state index contributed by atoms with van der Waals surface area (Å²) < 4.78 is 16.4. The van der Waals surface area contributed by atoms with E-state index in [-0.39, 0.29) is 11.7 Å².